The molecule has 0 spiro atoms. The minimum Gasteiger partial charge on any atom is -0.385 e. The van der Waals surface area contributed by atoms with Crippen LogP contribution < -0.4 is 0 Å². The third kappa shape index (κ3) is 3.45. The van der Waals surface area contributed by atoms with Crippen LogP contribution in [0.25, 0.3) is 0 Å². The number of halogens is 1. The molecule has 1 heterocycles. The van der Waals surface area contributed by atoms with E-state index in [1.54, 1.807) is 7.11 Å². The molecule has 0 aliphatic rings. The quantitative estimate of drug-likeness (QED) is 0.565. The lowest BCUT2D eigenvalue weighted by atomic mass is 10.2. The molecule has 0 saturated heterocycles. The fourth-order valence-electron chi connectivity index (χ4n) is 1.79. The molecule has 1 aromatic heterocycles. The van der Waals surface area contributed by atoms with E-state index >= 15 is 0 Å². The number of nitrogens with zero attached hydrogens (tertiary/aromatic N) is 2. The summed E-state index contributed by atoms with van der Waals surface area (Å²) in [5.41, 5.74) is 2.62. The van der Waals surface area contributed by atoms with Gasteiger partial charge in [-0.15, -0.1) is 0 Å². The van der Waals surface area contributed by atoms with Gasteiger partial charge in [0.05, 0.1) is 15.0 Å². The molecule has 1 aromatic rings. The number of ether oxygens (including phenoxy) is 1. The number of hydrogen-bond donors (Lipinski definition) is 0. The molecule has 0 saturated carbocycles. The van der Waals surface area contributed by atoms with E-state index in [1.807, 2.05) is 0 Å². The van der Waals surface area contributed by atoms with Crippen molar-refractivity contribution < 1.29 is 4.74 Å². The highest BCUT2D eigenvalue weighted by Crippen LogP contribution is 2.18. The molecule has 0 unspecified atom stereocenters. The third-order valence-corrected chi connectivity index (χ3v) is 3.94. The van der Waals surface area contributed by atoms with Gasteiger partial charge in [0, 0.05) is 20.3 Å². The highest BCUT2D eigenvalue weighted by molar-refractivity contribution is 14.1. The van der Waals surface area contributed by atoms with Gasteiger partial charge in [0.2, 0.25) is 0 Å². The summed E-state index contributed by atoms with van der Waals surface area (Å²) in [7, 11) is 1.75. The number of unbranched alkanes of at least 4 members (excludes halogenated alkanes) is 1. The normalized spacial score (nSPS) is 11.0. The predicted octanol–water partition coefficient (Wildman–Crippen LogP) is 3.04. The van der Waals surface area contributed by atoms with Crippen LogP contribution in [0.15, 0.2) is 0 Å². The van der Waals surface area contributed by atoms with Crippen LogP contribution in [0.5, 0.6) is 0 Å². The average Bonchev–Trinajstić information content (AvgIpc) is 2.60. The Hall–Kier alpha value is -0.100. The third-order valence-electron chi connectivity index (χ3n) is 2.70. The Kier molecular flexibility index (Phi) is 6.34. The first-order chi connectivity index (χ1) is 7.74. The standard InChI is InChI=1S/C12H21IN2O/c1-4-10-12(13)11(5-2)15(14-10)8-6-7-9-16-3/h4-9H2,1-3H3. The summed E-state index contributed by atoms with van der Waals surface area (Å²) >= 11 is 2.42. The summed E-state index contributed by atoms with van der Waals surface area (Å²) in [5.74, 6) is 0. The highest BCUT2D eigenvalue weighted by atomic mass is 127. The molecular weight excluding hydrogens is 315 g/mol. The van der Waals surface area contributed by atoms with Crippen molar-refractivity contribution in [1.29, 1.82) is 0 Å². The molecule has 1 rings (SSSR count). The Morgan fingerprint density at radius 3 is 2.56 bits per heavy atom. The van der Waals surface area contributed by atoms with E-state index in [2.05, 4.69) is 46.2 Å². The molecule has 0 bridgehead atoms. The summed E-state index contributed by atoms with van der Waals surface area (Å²) < 4.78 is 8.59. The number of aryl methyl sites for hydroxylation is 2. The highest BCUT2D eigenvalue weighted by Gasteiger charge is 2.12. The van der Waals surface area contributed by atoms with Crippen LogP contribution >= 0.6 is 22.6 Å². The summed E-state index contributed by atoms with van der Waals surface area (Å²) in [6.07, 6.45) is 4.34. The van der Waals surface area contributed by atoms with Crippen LogP contribution in [0.1, 0.15) is 38.1 Å². The average molecular weight is 336 g/mol. The molecule has 0 fully saturated rings. The SMILES string of the molecule is CCc1nn(CCCCOC)c(CC)c1I. The smallest absolute Gasteiger partial charge is 0.0758 e. The van der Waals surface area contributed by atoms with Gasteiger partial charge >= 0.3 is 0 Å². The van der Waals surface area contributed by atoms with Gasteiger partial charge in [-0.05, 0) is 48.3 Å². The maximum absolute atomic E-state index is 5.06. The molecule has 0 amide bonds. The van der Waals surface area contributed by atoms with Crippen LogP contribution in [0.4, 0.5) is 0 Å². The molecule has 0 radical (unpaired) electrons. The zero-order valence-corrected chi connectivity index (χ0v) is 12.6. The summed E-state index contributed by atoms with van der Waals surface area (Å²) in [6.45, 7) is 6.23. The number of aromatic nitrogens is 2. The van der Waals surface area contributed by atoms with Crippen molar-refractivity contribution >= 4 is 22.6 Å². The molecule has 0 N–H and O–H groups in total. The van der Waals surface area contributed by atoms with Gasteiger partial charge in [-0.1, -0.05) is 13.8 Å². The monoisotopic (exact) mass is 336 g/mol. The van der Waals surface area contributed by atoms with E-state index in [9.17, 15) is 0 Å². The Morgan fingerprint density at radius 1 is 1.25 bits per heavy atom. The Labute approximate surface area is 112 Å². The fraction of sp³-hybridized carbons (Fsp3) is 0.750. The summed E-state index contributed by atoms with van der Waals surface area (Å²) in [5, 5.41) is 4.67. The molecule has 0 aliphatic carbocycles. The lowest BCUT2D eigenvalue weighted by Crippen LogP contribution is -2.06. The zero-order valence-electron chi connectivity index (χ0n) is 10.4. The Bertz CT molecular complexity index is 323. The van der Waals surface area contributed by atoms with Gasteiger partial charge in [0.25, 0.3) is 0 Å². The van der Waals surface area contributed by atoms with Crippen LogP contribution in [0, 0.1) is 3.57 Å². The summed E-state index contributed by atoms with van der Waals surface area (Å²) in [6, 6.07) is 0. The van der Waals surface area contributed by atoms with Crippen LogP contribution in [-0.4, -0.2) is 23.5 Å². The van der Waals surface area contributed by atoms with E-state index in [4.69, 9.17) is 4.74 Å². The Balaban J connectivity index is 2.64. The zero-order chi connectivity index (χ0) is 12.0. The lowest BCUT2D eigenvalue weighted by molar-refractivity contribution is 0.191. The van der Waals surface area contributed by atoms with Gasteiger partial charge in [-0.25, -0.2) is 0 Å². The van der Waals surface area contributed by atoms with Crippen molar-refractivity contribution in [3.8, 4) is 0 Å². The van der Waals surface area contributed by atoms with Crippen LogP contribution in [-0.2, 0) is 24.1 Å². The molecule has 4 heteroatoms. The minimum atomic E-state index is 0.848. The van der Waals surface area contributed by atoms with Gasteiger partial charge in [-0.2, -0.15) is 5.10 Å². The van der Waals surface area contributed by atoms with E-state index < -0.39 is 0 Å². The second-order valence-corrected chi connectivity index (χ2v) is 4.92. The van der Waals surface area contributed by atoms with Crippen molar-refractivity contribution in [1.82, 2.24) is 9.78 Å². The first-order valence-electron chi connectivity index (χ1n) is 5.97. The predicted molar refractivity (Wildman–Crippen MR) is 74.8 cm³/mol. The van der Waals surface area contributed by atoms with Crippen molar-refractivity contribution in [2.45, 2.75) is 46.1 Å². The first-order valence-corrected chi connectivity index (χ1v) is 7.05. The van der Waals surface area contributed by atoms with Crippen molar-refractivity contribution in [3.63, 3.8) is 0 Å². The van der Waals surface area contributed by atoms with Gasteiger partial charge < -0.3 is 4.74 Å². The van der Waals surface area contributed by atoms with E-state index in [0.717, 1.165) is 38.8 Å². The van der Waals surface area contributed by atoms with E-state index in [0.29, 0.717) is 0 Å². The van der Waals surface area contributed by atoms with Gasteiger partial charge in [0.1, 0.15) is 0 Å². The first kappa shape index (κ1) is 14.0. The van der Waals surface area contributed by atoms with Crippen LogP contribution in [0.2, 0.25) is 0 Å². The number of methoxy groups -OCH3 is 1. The molecule has 0 atom stereocenters. The van der Waals surface area contributed by atoms with Crippen molar-refractivity contribution in [3.05, 3.63) is 15.0 Å². The second-order valence-electron chi connectivity index (χ2n) is 3.84. The molecule has 0 aliphatic heterocycles. The largest absolute Gasteiger partial charge is 0.385 e. The molecule has 3 nitrogen and oxygen atoms in total. The van der Waals surface area contributed by atoms with Gasteiger partial charge in [0.15, 0.2) is 0 Å². The molecule has 16 heavy (non-hydrogen) atoms. The number of hydrogen-bond acceptors (Lipinski definition) is 2. The van der Waals surface area contributed by atoms with Crippen molar-refractivity contribution in [2.75, 3.05) is 13.7 Å². The van der Waals surface area contributed by atoms with E-state index in [-0.39, 0.29) is 0 Å². The maximum atomic E-state index is 5.06. The second kappa shape index (κ2) is 7.27. The topological polar surface area (TPSA) is 27.1 Å². The summed E-state index contributed by atoms with van der Waals surface area (Å²) in [4.78, 5) is 0. The molecule has 92 valence electrons. The molecule has 0 aromatic carbocycles. The maximum Gasteiger partial charge on any atom is 0.0758 e. The number of rotatable bonds is 7. The van der Waals surface area contributed by atoms with Crippen LogP contribution in [0.3, 0.4) is 0 Å². The Morgan fingerprint density at radius 2 is 2.00 bits per heavy atom. The lowest BCUT2D eigenvalue weighted by Gasteiger charge is -2.05. The fourth-order valence-corrected chi connectivity index (χ4v) is 2.94. The minimum absolute atomic E-state index is 0.848. The molecular formula is C12H21IN2O. The van der Waals surface area contributed by atoms with E-state index in [1.165, 1.54) is 15.0 Å². The van der Waals surface area contributed by atoms with Crippen molar-refractivity contribution in [2.24, 2.45) is 0 Å². The van der Waals surface area contributed by atoms with Gasteiger partial charge in [-0.3, -0.25) is 4.68 Å².